The van der Waals surface area contributed by atoms with Crippen molar-refractivity contribution < 1.29 is 23.5 Å². The molecule has 0 bridgehead atoms. The maximum absolute atomic E-state index is 12.9. The van der Waals surface area contributed by atoms with Crippen LogP contribution >= 0.6 is 11.3 Å². The molecular weight excluding hydrogens is 404 g/mol. The minimum absolute atomic E-state index is 0.163. The van der Waals surface area contributed by atoms with E-state index >= 15 is 0 Å². The second kappa shape index (κ2) is 8.71. The molecule has 0 fully saturated rings. The molecule has 1 aromatic carbocycles. The van der Waals surface area contributed by atoms with Gasteiger partial charge in [0.15, 0.2) is 5.76 Å². The number of anilines is 1. The van der Waals surface area contributed by atoms with E-state index in [0.717, 1.165) is 47.9 Å². The summed E-state index contributed by atoms with van der Waals surface area (Å²) in [4.78, 5) is 38.6. The van der Waals surface area contributed by atoms with E-state index in [1.54, 1.807) is 19.1 Å². The van der Waals surface area contributed by atoms with Gasteiger partial charge in [0.1, 0.15) is 10.6 Å². The normalized spacial score (nSPS) is 13.4. The number of carbonyl (C=O) groups excluding carboxylic acids is 3. The fourth-order valence-electron chi connectivity index (χ4n) is 3.65. The van der Waals surface area contributed by atoms with Crippen molar-refractivity contribution in [3.63, 3.8) is 0 Å². The third kappa shape index (κ3) is 4.09. The minimum atomic E-state index is -0.800. The lowest BCUT2D eigenvalue weighted by Gasteiger charge is -2.09. The highest BCUT2D eigenvalue weighted by atomic mass is 32.1. The summed E-state index contributed by atoms with van der Waals surface area (Å²) in [5.74, 6) is -0.836. The molecular formula is C22H22N2O5S. The Morgan fingerprint density at radius 3 is 2.70 bits per heavy atom. The standard InChI is InChI=1S/C22H22N2O5S/c1-2-28-22(27)24-20(26)18-14-9-4-3-5-11-17(14)30-21(18)23-19(25)16-12-13-8-6-7-10-15(13)29-16/h6-8,10,12H,2-5,9,11H2,1H3,(H,23,25)(H,24,26,27). The predicted molar refractivity (Wildman–Crippen MR) is 114 cm³/mol. The van der Waals surface area contributed by atoms with Crippen molar-refractivity contribution in [2.75, 3.05) is 11.9 Å². The van der Waals surface area contributed by atoms with Crippen LogP contribution in [0.5, 0.6) is 0 Å². The number of ether oxygens (including phenoxy) is 1. The monoisotopic (exact) mass is 426 g/mol. The molecule has 0 unspecified atom stereocenters. The van der Waals surface area contributed by atoms with Gasteiger partial charge in [0.2, 0.25) is 0 Å². The molecule has 3 amide bonds. The molecule has 2 N–H and O–H groups in total. The average Bonchev–Trinajstić information content (AvgIpc) is 3.22. The lowest BCUT2D eigenvalue weighted by molar-refractivity contribution is 0.0925. The summed E-state index contributed by atoms with van der Waals surface area (Å²) in [6.07, 6.45) is 3.86. The van der Waals surface area contributed by atoms with Crippen molar-refractivity contribution in [3.8, 4) is 0 Å². The van der Waals surface area contributed by atoms with Crippen LogP contribution in [-0.2, 0) is 17.6 Å². The number of amides is 3. The van der Waals surface area contributed by atoms with Crippen molar-refractivity contribution in [3.05, 3.63) is 52.1 Å². The number of hydrogen-bond acceptors (Lipinski definition) is 6. The number of benzene rings is 1. The number of hydrogen-bond donors (Lipinski definition) is 2. The number of para-hydroxylation sites is 1. The van der Waals surface area contributed by atoms with Crippen LogP contribution in [0.3, 0.4) is 0 Å². The maximum Gasteiger partial charge on any atom is 0.414 e. The van der Waals surface area contributed by atoms with Crippen LogP contribution in [0.1, 0.15) is 57.5 Å². The first-order chi connectivity index (χ1) is 14.6. The van der Waals surface area contributed by atoms with Crippen LogP contribution in [0.25, 0.3) is 11.0 Å². The van der Waals surface area contributed by atoms with Crippen molar-refractivity contribution in [2.45, 2.75) is 39.0 Å². The Balaban J connectivity index is 1.65. The van der Waals surface area contributed by atoms with E-state index < -0.39 is 17.9 Å². The summed E-state index contributed by atoms with van der Waals surface area (Å²) in [5, 5.41) is 6.33. The molecule has 2 aromatic heterocycles. The number of alkyl carbamates (subject to hydrolysis) is 1. The van der Waals surface area contributed by atoms with Gasteiger partial charge in [-0.25, -0.2) is 4.79 Å². The van der Waals surface area contributed by atoms with Gasteiger partial charge in [-0.2, -0.15) is 0 Å². The number of aryl methyl sites for hydroxylation is 1. The zero-order chi connectivity index (χ0) is 21.1. The maximum atomic E-state index is 12.9. The van der Waals surface area contributed by atoms with Gasteiger partial charge in [-0.1, -0.05) is 24.6 Å². The summed E-state index contributed by atoms with van der Waals surface area (Å²) in [6.45, 7) is 1.83. The summed E-state index contributed by atoms with van der Waals surface area (Å²) in [7, 11) is 0. The van der Waals surface area contributed by atoms with E-state index in [2.05, 4.69) is 10.6 Å². The van der Waals surface area contributed by atoms with Gasteiger partial charge in [-0.15, -0.1) is 11.3 Å². The minimum Gasteiger partial charge on any atom is -0.451 e. The lowest BCUT2D eigenvalue weighted by atomic mass is 10.0. The first-order valence-corrected chi connectivity index (χ1v) is 10.8. The second-order valence-electron chi connectivity index (χ2n) is 7.05. The average molecular weight is 426 g/mol. The van der Waals surface area contributed by atoms with E-state index in [0.29, 0.717) is 16.1 Å². The number of furan rings is 1. The largest absolute Gasteiger partial charge is 0.451 e. The molecule has 1 aliphatic carbocycles. The van der Waals surface area contributed by atoms with E-state index in [1.165, 1.54) is 11.3 Å². The molecule has 0 atom stereocenters. The smallest absolute Gasteiger partial charge is 0.414 e. The molecule has 156 valence electrons. The van der Waals surface area contributed by atoms with Gasteiger partial charge in [0, 0.05) is 10.3 Å². The Morgan fingerprint density at radius 1 is 1.10 bits per heavy atom. The Labute approximate surface area is 177 Å². The molecule has 2 heterocycles. The van der Waals surface area contributed by atoms with Gasteiger partial charge in [0.05, 0.1) is 12.2 Å². The molecule has 4 rings (SSSR count). The van der Waals surface area contributed by atoms with E-state index in [4.69, 9.17) is 9.15 Å². The van der Waals surface area contributed by atoms with Gasteiger partial charge < -0.3 is 14.5 Å². The zero-order valence-corrected chi connectivity index (χ0v) is 17.4. The molecule has 8 heteroatoms. The molecule has 3 aromatic rings. The van der Waals surface area contributed by atoms with Crippen LogP contribution in [0.2, 0.25) is 0 Å². The molecule has 0 saturated heterocycles. The number of thiophene rings is 1. The lowest BCUT2D eigenvalue weighted by Crippen LogP contribution is -2.32. The second-order valence-corrected chi connectivity index (χ2v) is 8.15. The summed E-state index contributed by atoms with van der Waals surface area (Å²) < 4.78 is 10.5. The Hall–Kier alpha value is -3.13. The Bertz CT molecular complexity index is 1080. The molecule has 0 saturated carbocycles. The van der Waals surface area contributed by atoms with E-state index in [-0.39, 0.29) is 12.4 Å². The molecule has 0 spiro atoms. The fourth-order valence-corrected chi connectivity index (χ4v) is 4.93. The Kier molecular flexibility index (Phi) is 5.85. The van der Waals surface area contributed by atoms with Crippen molar-refractivity contribution in [1.82, 2.24) is 5.32 Å². The highest BCUT2D eigenvalue weighted by Crippen LogP contribution is 2.38. The third-order valence-electron chi connectivity index (χ3n) is 5.02. The molecule has 7 nitrogen and oxygen atoms in total. The van der Waals surface area contributed by atoms with Gasteiger partial charge in [0.25, 0.3) is 11.8 Å². The van der Waals surface area contributed by atoms with Crippen LogP contribution in [0.4, 0.5) is 9.80 Å². The number of nitrogens with one attached hydrogen (secondary N) is 2. The van der Waals surface area contributed by atoms with E-state index in [9.17, 15) is 14.4 Å². The first-order valence-electron chi connectivity index (χ1n) is 9.99. The first kappa shape index (κ1) is 20.2. The zero-order valence-electron chi connectivity index (χ0n) is 16.6. The fraction of sp³-hybridized carbons (Fsp3) is 0.318. The highest BCUT2D eigenvalue weighted by molar-refractivity contribution is 7.17. The Morgan fingerprint density at radius 2 is 1.90 bits per heavy atom. The molecule has 30 heavy (non-hydrogen) atoms. The quantitative estimate of drug-likeness (QED) is 0.578. The number of carbonyl (C=O) groups is 3. The predicted octanol–water partition coefficient (Wildman–Crippen LogP) is 4.90. The summed E-state index contributed by atoms with van der Waals surface area (Å²) in [6, 6.07) is 9.02. The van der Waals surface area contributed by atoms with Crippen molar-refractivity contribution >= 4 is 45.2 Å². The van der Waals surface area contributed by atoms with Gasteiger partial charge in [-0.05, 0) is 50.3 Å². The number of imide groups is 1. The number of rotatable bonds is 4. The molecule has 0 radical (unpaired) electrons. The van der Waals surface area contributed by atoms with Crippen LogP contribution in [-0.4, -0.2) is 24.5 Å². The molecule has 0 aliphatic heterocycles. The van der Waals surface area contributed by atoms with Crippen LogP contribution in [0, 0.1) is 0 Å². The van der Waals surface area contributed by atoms with Gasteiger partial charge >= 0.3 is 6.09 Å². The van der Waals surface area contributed by atoms with Crippen LogP contribution in [0.15, 0.2) is 34.7 Å². The molecule has 1 aliphatic rings. The summed E-state index contributed by atoms with van der Waals surface area (Å²) >= 11 is 1.39. The van der Waals surface area contributed by atoms with Gasteiger partial charge in [-0.3, -0.25) is 14.9 Å². The van der Waals surface area contributed by atoms with Crippen LogP contribution < -0.4 is 10.6 Å². The van der Waals surface area contributed by atoms with Crippen molar-refractivity contribution in [2.24, 2.45) is 0 Å². The third-order valence-corrected chi connectivity index (χ3v) is 6.22. The van der Waals surface area contributed by atoms with E-state index in [1.807, 2.05) is 18.2 Å². The van der Waals surface area contributed by atoms with Crippen molar-refractivity contribution in [1.29, 1.82) is 0 Å². The highest BCUT2D eigenvalue weighted by Gasteiger charge is 2.27. The topological polar surface area (TPSA) is 97.6 Å². The summed E-state index contributed by atoms with van der Waals surface area (Å²) in [5.41, 5.74) is 1.86. The SMILES string of the molecule is CCOC(=O)NC(=O)c1c(NC(=O)c2cc3ccccc3o2)sc2c1CCCCC2. The number of fused-ring (bicyclic) bond motifs is 2.